The van der Waals surface area contributed by atoms with Crippen molar-refractivity contribution in [1.29, 1.82) is 0 Å². The quantitative estimate of drug-likeness (QED) is 0.566. The van der Waals surface area contributed by atoms with E-state index in [1.165, 1.54) is 18.5 Å². The van der Waals surface area contributed by atoms with Crippen LogP contribution < -0.4 is 5.32 Å². The van der Waals surface area contributed by atoms with E-state index in [1.807, 2.05) is 24.3 Å². The highest BCUT2D eigenvalue weighted by Crippen LogP contribution is 2.29. The van der Waals surface area contributed by atoms with Gasteiger partial charge in [0.05, 0.1) is 17.0 Å². The Balaban J connectivity index is 1.51. The van der Waals surface area contributed by atoms with Crippen molar-refractivity contribution in [3.8, 4) is 11.4 Å². The lowest BCUT2D eigenvalue weighted by atomic mass is 10.1. The molecule has 0 fully saturated rings. The Kier molecular flexibility index (Phi) is 4.64. The van der Waals surface area contributed by atoms with Crippen LogP contribution in [-0.2, 0) is 12.6 Å². The lowest BCUT2D eigenvalue weighted by molar-refractivity contribution is -0.137. The maximum absolute atomic E-state index is 12.6. The van der Waals surface area contributed by atoms with E-state index in [4.69, 9.17) is 0 Å². The van der Waals surface area contributed by atoms with Crippen LogP contribution >= 0.6 is 0 Å². The second-order valence-electron chi connectivity index (χ2n) is 6.08. The molecule has 0 unspecified atom stereocenters. The second kappa shape index (κ2) is 7.26. The third-order valence-electron chi connectivity index (χ3n) is 4.18. The molecule has 6 nitrogen and oxygen atoms in total. The number of anilines is 1. The fraction of sp³-hybridized carbons (Fsp3) is 0.158. The number of benzene rings is 1. The highest BCUT2D eigenvalue weighted by Gasteiger charge is 2.29. The molecule has 9 heteroatoms. The molecule has 3 heterocycles. The summed E-state index contributed by atoms with van der Waals surface area (Å²) in [5.74, 6) is 1.11. The molecule has 3 aromatic heterocycles. The van der Waals surface area contributed by atoms with Gasteiger partial charge in [-0.3, -0.25) is 4.98 Å². The molecule has 1 aromatic carbocycles. The number of halogens is 3. The van der Waals surface area contributed by atoms with Gasteiger partial charge in [-0.05, 0) is 36.2 Å². The molecule has 28 heavy (non-hydrogen) atoms. The predicted molar refractivity (Wildman–Crippen MR) is 97.7 cm³/mol. The molecule has 142 valence electrons. The van der Waals surface area contributed by atoms with Gasteiger partial charge in [0.1, 0.15) is 12.1 Å². The molecule has 0 atom stereocenters. The van der Waals surface area contributed by atoms with Crippen LogP contribution in [0.1, 0.15) is 11.1 Å². The minimum Gasteiger partial charge on any atom is -0.370 e. The number of rotatable bonds is 5. The van der Waals surface area contributed by atoms with E-state index in [9.17, 15) is 13.2 Å². The van der Waals surface area contributed by atoms with Crippen molar-refractivity contribution >= 4 is 11.6 Å². The Morgan fingerprint density at radius 1 is 0.964 bits per heavy atom. The largest absolute Gasteiger partial charge is 0.416 e. The van der Waals surface area contributed by atoms with E-state index in [2.05, 4.69) is 25.4 Å². The monoisotopic (exact) mass is 384 g/mol. The van der Waals surface area contributed by atoms with E-state index in [1.54, 1.807) is 10.7 Å². The van der Waals surface area contributed by atoms with Gasteiger partial charge in [0.25, 0.3) is 5.78 Å². The fourth-order valence-electron chi connectivity index (χ4n) is 2.78. The van der Waals surface area contributed by atoms with Gasteiger partial charge in [-0.2, -0.15) is 27.8 Å². The maximum Gasteiger partial charge on any atom is 0.416 e. The zero-order valence-corrected chi connectivity index (χ0v) is 14.6. The molecule has 0 bridgehead atoms. The molecule has 0 saturated heterocycles. The number of alkyl halides is 3. The number of nitrogens with zero attached hydrogens (tertiary/aromatic N) is 5. The fourth-order valence-corrected chi connectivity index (χ4v) is 2.78. The van der Waals surface area contributed by atoms with E-state index >= 15 is 0 Å². The van der Waals surface area contributed by atoms with Crippen LogP contribution in [0, 0.1) is 0 Å². The standard InChI is InChI=1S/C19H15F3N6/c20-19(21,22)14-6-4-13(5-7-14)8-10-24-17-11-16(15-3-1-2-9-23-15)27-18-25-12-26-28(17)18/h1-7,9,11-12,24H,8,10H2. The zero-order chi connectivity index (χ0) is 19.6. The van der Waals surface area contributed by atoms with E-state index in [-0.39, 0.29) is 0 Å². The first-order chi connectivity index (χ1) is 13.5. The Labute approximate surface area is 158 Å². The normalized spacial score (nSPS) is 11.7. The molecule has 0 amide bonds. The van der Waals surface area contributed by atoms with Crippen molar-refractivity contribution in [1.82, 2.24) is 24.6 Å². The van der Waals surface area contributed by atoms with Crippen LogP contribution in [0.2, 0.25) is 0 Å². The summed E-state index contributed by atoms with van der Waals surface area (Å²) < 4.78 is 39.5. The Bertz CT molecular complexity index is 1070. The smallest absolute Gasteiger partial charge is 0.370 e. The second-order valence-corrected chi connectivity index (χ2v) is 6.08. The lowest BCUT2D eigenvalue weighted by Crippen LogP contribution is -2.10. The van der Waals surface area contributed by atoms with Crippen LogP contribution in [0.15, 0.2) is 61.1 Å². The van der Waals surface area contributed by atoms with Gasteiger partial charge in [-0.1, -0.05) is 18.2 Å². The molecule has 0 aliphatic heterocycles. The van der Waals surface area contributed by atoms with Gasteiger partial charge in [0, 0.05) is 18.8 Å². The van der Waals surface area contributed by atoms with Crippen molar-refractivity contribution in [2.75, 3.05) is 11.9 Å². The number of fused-ring (bicyclic) bond motifs is 1. The molecule has 0 radical (unpaired) electrons. The van der Waals surface area contributed by atoms with Gasteiger partial charge >= 0.3 is 6.18 Å². The number of pyridine rings is 1. The maximum atomic E-state index is 12.6. The van der Waals surface area contributed by atoms with Crippen molar-refractivity contribution in [3.63, 3.8) is 0 Å². The summed E-state index contributed by atoms with van der Waals surface area (Å²) in [4.78, 5) is 12.9. The summed E-state index contributed by atoms with van der Waals surface area (Å²) >= 11 is 0. The molecule has 0 aliphatic rings. The molecule has 0 saturated carbocycles. The minimum absolute atomic E-state index is 0.431. The first-order valence-corrected chi connectivity index (χ1v) is 8.53. The van der Waals surface area contributed by atoms with Crippen molar-refractivity contribution in [3.05, 3.63) is 72.2 Å². The molecule has 0 spiro atoms. The molecular weight excluding hydrogens is 369 g/mol. The number of hydrogen-bond acceptors (Lipinski definition) is 5. The lowest BCUT2D eigenvalue weighted by Gasteiger charge is -2.11. The zero-order valence-electron chi connectivity index (χ0n) is 14.6. The van der Waals surface area contributed by atoms with E-state index in [0.29, 0.717) is 35.9 Å². The van der Waals surface area contributed by atoms with Crippen molar-refractivity contribution < 1.29 is 13.2 Å². The Morgan fingerprint density at radius 3 is 2.50 bits per heavy atom. The van der Waals surface area contributed by atoms with Crippen molar-refractivity contribution in [2.45, 2.75) is 12.6 Å². The van der Waals surface area contributed by atoms with Crippen molar-refractivity contribution in [2.24, 2.45) is 0 Å². The van der Waals surface area contributed by atoms with Crippen LogP contribution in [0.5, 0.6) is 0 Å². The topological polar surface area (TPSA) is 68.0 Å². The molecular formula is C19H15F3N6. The van der Waals surface area contributed by atoms with Gasteiger partial charge in [-0.15, -0.1) is 0 Å². The SMILES string of the molecule is FC(F)(F)c1ccc(CCNc2cc(-c3ccccn3)nc3ncnn23)cc1. The molecule has 4 rings (SSSR count). The van der Waals surface area contributed by atoms with Crippen LogP contribution in [0.3, 0.4) is 0 Å². The van der Waals surface area contributed by atoms with Crippen LogP contribution in [-0.4, -0.2) is 31.1 Å². The summed E-state index contributed by atoms with van der Waals surface area (Å²) in [6.45, 7) is 0.506. The third-order valence-corrected chi connectivity index (χ3v) is 4.18. The highest BCUT2D eigenvalue weighted by molar-refractivity contribution is 5.61. The van der Waals surface area contributed by atoms with Gasteiger partial charge in [-0.25, -0.2) is 4.98 Å². The van der Waals surface area contributed by atoms with Crippen LogP contribution in [0.4, 0.5) is 19.0 Å². The van der Waals surface area contributed by atoms with Gasteiger partial charge in [0.15, 0.2) is 0 Å². The first kappa shape index (κ1) is 17.9. The summed E-state index contributed by atoms with van der Waals surface area (Å²) in [7, 11) is 0. The Morgan fingerprint density at radius 2 is 1.79 bits per heavy atom. The predicted octanol–water partition coefficient (Wildman–Crippen LogP) is 3.86. The number of hydrogen-bond donors (Lipinski definition) is 1. The minimum atomic E-state index is -4.33. The molecule has 0 aliphatic carbocycles. The van der Waals surface area contributed by atoms with E-state index < -0.39 is 11.7 Å². The number of nitrogens with one attached hydrogen (secondary N) is 1. The van der Waals surface area contributed by atoms with E-state index in [0.717, 1.165) is 17.7 Å². The van der Waals surface area contributed by atoms with Gasteiger partial charge < -0.3 is 5.32 Å². The summed E-state index contributed by atoms with van der Waals surface area (Å²) in [5, 5.41) is 7.40. The summed E-state index contributed by atoms with van der Waals surface area (Å²) in [5.41, 5.74) is 1.51. The Hall–Kier alpha value is -3.49. The highest BCUT2D eigenvalue weighted by atomic mass is 19.4. The summed E-state index contributed by atoms with van der Waals surface area (Å²) in [6.07, 6.45) is -0.682. The number of aromatic nitrogens is 5. The average molecular weight is 384 g/mol. The summed E-state index contributed by atoms with van der Waals surface area (Å²) in [6, 6.07) is 12.5. The van der Waals surface area contributed by atoms with Crippen LogP contribution in [0.25, 0.3) is 17.2 Å². The molecule has 4 aromatic rings. The first-order valence-electron chi connectivity index (χ1n) is 8.53. The third kappa shape index (κ3) is 3.78. The molecule has 1 N–H and O–H groups in total. The van der Waals surface area contributed by atoms with Gasteiger partial charge in [0.2, 0.25) is 0 Å². The average Bonchev–Trinajstić information content (AvgIpc) is 3.17.